The molecule has 2 fully saturated rings. The third-order valence-corrected chi connectivity index (χ3v) is 6.41. The van der Waals surface area contributed by atoms with Crippen LogP contribution in [0.1, 0.15) is 36.8 Å². The highest BCUT2D eigenvalue weighted by molar-refractivity contribution is 6.27. The first kappa shape index (κ1) is 27.0. The van der Waals surface area contributed by atoms with Crippen LogP contribution in [0.2, 0.25) is 0 Å². The number of piperidine rings is 1. The third-order valence-electron chi connectivity index (χ3n) is 6.41. The maximum atomic E-state index is 12.6. The van der Waals surface area contributed by atoms with Gasteiger partial charge in [0.2, 0.25) is 5.91 Å². The molecular formula is C27H34N2O7. The van der Waals surface area contributed by atoms with E-state index in [1.54, 1.807) is 7.11 Å². The van der Waals surface area contributed by atoms with Crippen LogP contribution in [0.15, 0.2) is 48.5 Å². The summed E-state index contributed by atoms with van der Waals surface area (Å²) in [6, 6.07) is 16.3. The average Bonchev–Trinajstić information content (AvgIpc) is 3.44. The van der Waals surface area contributed by atoms with Crippen molar-refractivity contribution < 1.29 is 34.1 Å². The minimum Gasteiger partial charge on any atom is -0.493 e. The first-order valence-corrected chi connectivity index (χ1v) is 12.2. The number of carbonyl (C=O) groups is 3. The maximum absolute atomic E-state index is 12.6. The second-order valence-electron chi connectivity index (χ2n) is 8.95. The van der Waals surface area contributed by atoms with Gasteiger partial charge in [-0.25, -0.2) is 9.59 Å². The quantitative estimate of drug-likeness (QED) is 0.559. The third kappa shape index (κ3) is 7.98. The minimum atomic E-state index is -1.82. The number of aliphatic carboxylic acids is 2. The molecule has 0 spiro atoms. The van der Waals surface area contributed by atoms with E-state index in [0.29, 0.717) is 12.5 Å². The monoisotopic (exact) mass is 498 g/mol. The zero-order valence-electron chi connectivity index (χ0n) is 20.6. The Morgan fingerprint density at radius 3 is 2.08 bits per heavy atom. The number of benzene rings is 2. The molecule has 0 bridgehead atoms. The van der Waals surface area contributed by atoms with Crippen molar-refractivity contribution in [2.45, 2.75) is 38.8 Å². The summed E-state index contributed by atoms with van der Waals surface area (Å²) in [5, 5.41) is 14.8. The second-order valence-corrected chi connectivity index (χ2v) is 8.95. The molecule has 4 rings (SSSR count). The van der Waals surface area contributed by atoms with E-state index in [0.717, 1.165) is 75.5 Å². The smallest absolute Gasteiger partial charge is 0.414 e. The van der Waals surface area contributed by atoms with Gasteiger partial charge in [-0.1, -0.05) is 36.4 Å². The second kappa shape index (κ2) is 13.5. The first-order valence-electron chi connectivity index (χ1n) is 12.2. The summed E-state index contributed by atoms with van der Waals surface area (Å²) in [4.78, 5) is 35.3. The molecule has 2 heterocycles. The number of amides is 1. The van der Waals surface area contributed by atoms with Gasteiger partial charge in [0, 0.05) is 25.6 Å². The number of methoxy groups -OCH3 is 1. The SMILES string of the molecule is COc1cc(CN2CCC(C(=O)N3CCCC3)CC2)ccc1OCc1ccccc1.O=C(O)C(=O)O. The van der Waals surface area contributed by atoms with Gasteiger partial charge in [0.15, 0.2) is 11.5 Å². The molecule has 0 radical (unpaired) electrons. The van der Waals surface area contributed by atoms with Crippen LogP contribution in [0.5, 0.6) is 11.5 Å². The Morgan fingerprint density at radius 2 is 1.50 bits per heavy atom. The van der Waals surface area contributed by atoms with E-state index in [4.69, 9.17) is 29.3 Å². The molecule has 1 amide bonds. The van der Waals surface area contributed by atoms with Crippen molar-refractivity contribution in [3.63, 3.8) is 0 Å². The van der Waals surface area contributed by atoms with Gasteiger partial charge in [-0.2, -0.15) is 0 Å². The normalized spacial score (nSPS) is 16.1. The molecule has 0 unspecified atom stereocenters. The van der Waals surface area contributed by atoms with Gasteiger partial charge in [0.1, 0.15) is 6.61 Å². The number of carboxylic acid groups (broad SMARTS) is 2. The molecule has 0 saturated carbocycles. The van der Waals surface area contributed by atoms with Crippen LogP contribution in [0.4, 0.5) is 0 Å². The molecule has 194 valence electrons. The van der Waals surface area contributed by atoms with E-state index < -0.39 is 11.9 Å². The van der Waals surface area contributed by atoms with E-state index in [-0.39, 0.29) is 5.92 Å². The van der Waals surface area contributed by atoms with Crippen LogP contribution in [0.25, 0.3) is 0 Å². The van der Waals surface area contributed by atoms with Crippen molar-refractivity contribution in [1.82, 2.24) is 9.80 Å². The van der Waals surface area contributed by atoms with Gasteiger partial charge < -0.3 is 24.6 Å². The zero-order chi connectivity index (χ0) is 25.9. The van der Waals surface area contributed by atoms with Crippen LogP contribution >= 0.6 is 0 Å². The topological polar surface area (TPSA) is 117 Å². The van der Waals surface area contributed by atoms with Crippen LogP contribution < -0.4 is 9.47 Å². The summed E-state index contributed by atoms with van der Waals surface area (Å²) >= 11 is 0. The van der Waals surface area contributed by atoms with Crippen LogP contribution in [0, 0.1) is 5.92 Å². The van der Waals surface area contributed by atoms with E-state index in [9.17, 15) is 4.79 Å². The molecular weight excluding hydrogens is 464 g/mol. The van der Waals surface area contributed by atoms with Crippen molar-refractivity contribution in [2.24, 2.45) is 5.92 Å². The molecule has 2 aromatic carbocycles. The van der Waals surface area contributed by atoms with E-state index >= 15 is 0 Å². The molecule has 2 aliphatic heterocycles. The fraction of sp³-hybridized carbons (Fsp3) is 0.444. The fourth-order valence-corrected chi connectivity index (χ4v) is 4.46. The summed E-state index contributed by atoms with van der Waals surface area (Å²) in [5.74, 6) is -1.52. The molecule has 36 heavy (non-hydrogen) atoms. The largest absolute Gasteiger partial charge is 0.493 e. The minimum absolute atomic E-state index is 0.211. The lowest BCUT2D eigenvalue weighted by atomic mass is 9.95. The Bertz CT molecular complexity index is 1000. The summed E-state index contributed by atoms with van der Waals surface area (Å²) < 4.78 is 11.5. The standard InChI is InChI=1S/C25H32N2O3.C2H2O4/c1-29-24-17-21(9-10-23(24)30-19-20-7-3-2-4-8-20)18-26-15-11-22(12-16-26)25(28)27-13-5-6-14-27;3-1(4)2(5)6/h2-4,7-10,17,22H,5-6,11-16,18-19H2,1H3;(H,3,4)(H,5,6). The molecule has 2 aliphatic rings. The maximum Gasteiger partial charge on any atom is 0.414 e. The number of rotatable bonds is 7. The van der Waals surface area contributed by atoms with Gasteiger partial charge >= 0.3 is 11.9 Å². The van der Waals surface area contributed by atoms with Gasteiger partial charge in [0.05, 0.1) is 7.11 Å². The molecule has 0 atom stereocenters. The molecule has 2 saturated heterocycles. The Morgan fingerprint density at radius 1 is 0.861 bits per heavy atom. The zero-order valence-corrected chi connectivity index (χ0v) is 20.6. The number of ether oxygens (including phenoxy) is 2. The van der Waals surface area contributed by atoms with Crippen molar-refractivity contribution in [3.8, 4) is 11.5 Å². The predicted octanol–water partition coefficient (Wildman–Crippen LogP) is 3.26. The average molecular weight is 499 g/mol. The predicted molar refractivity (Wildman–Crippen MR) is 133 cm³/mol. The summed E-state index contributed by atoms with van der Waals surface area (Å²) in [7, 11) is 1.68. The van der Waals surface area contributed by atoms with Crippen LogP contribution in [-0.2, 0) is 27.5 Å². The lowest BCUT2D eigenvalue weighted by molar-refractivity contribution is -0.159. The van der Waals surface area contributed by atoms with Crippen molar-refractivity contribution >= 4 is 17.8 Å². The Kier molecular flexibility index (Phi) is 10.1. The molecule has 0 aliphatic carbocycles. The highest BCUT2D eigenvalue weighted by Crippen LogP contribution is 2.30. The van der Waals surface area contributed by atoms with Crippen LogP contribution in [-0.4, -0.2) is 71.1 Å². The number of nitrogens with zero attached hydrogens (tertiary/aromatic N) is 2. The van der Waals surface area contributed by atoms with Gasteiger partial charge in [-0.3, -0.25) is 9.69 Å². The number of hydrogen-bond acceptors (Lipinski definition) is 6. The number of hydrogen-bond donors (Lipinski definition) is 2. The number of likely N-dealkylation sites (tertiary alicyclic amines) is 2. The first-order chi connectivity index (χ1) is 17.4. The van der Waals surface area contributed by atoms with Crippen molar-refractivity contribution in [2.75, 3.05) is 33.3 Å². The van der Waals surface area contributed by atoms with E-state index in [1.807, 2.05) is 24.3 Å². The molecule has 9 heteroatoms. The van der Waals surface area contributed by atoms with Gasteiger partial charge in [-0.15, -0.1) is 0 Å². The Labute approximate surface area is 211 Å². The molecule has 9 nitrogen and oxygen atoms in total. The fourth-order valence-electron chi connectivity index (χ4n) is 4.46. The Hall–Kier alpha value is -3.59. The van der Waals surface area contributed by atoms with E-state index in [2.05, 4.69) is 34.1 Å². The van der Waals surface area contributed by atoms with Crippen molar-refractivity contribution in [1.29, 1.82) is 0 Å². The lowest BCUT2D eigenvalue weighted by Gasteiger charge is -2.33. The lowest BCUT2D eigenvalue weighted by Crippen LogP contribution is -2.41. The highest BCUT2D eigenvalue weighted by Gasteiger charge is 2.29. The summed E-state index contributed by atoms with van der Waals surface area (Å²) in [5.41, 5.74) is 2.35. The van der Waals surface area contributed by atoms with Gasteiger partial charge in [0.25, 0.3) is 0 Å². The summed E-state index contributed by atoms with van der Waals surface area (Å²) in [6.45, 7) is 5.25. The number of carboxylic acids is 2. The molecule has 0 aromatic heterocycles. The van der Waals surface area contributed by atoms with Crippen LogP contribution in [0.3, 0.4) is 0 Å². The van der Waals surface area contributed by atoms with E-state index in [1.165, 1.54) is 5.56 Å². The number of carbonyl (C=O) groups excluding carboxylic acids is 1. The van der Waals surface area contributed by atoms with Crippen molar-refractivity contribution in [3.05, 3.63) is 59.7 Å². The molecule has 2 N–H and O–H groups in total. The highest BCUT2D eigenvalue weighted by atomic mass is 16.5. The summed E-state index contributed by atoms with van der Waals surface area (Å²) in [6.07, 6.45) is 4.25. The molecule has 2 aromatic rings. The van der Waals surface area contributed by atoms with Gasteiger partial charge in [-0.05, 0) is 62.0 Å². The Balaban J connectivity index is 0.000000538.